The average molecular weight is 300 g/mol. The molecule has 2 N–H and O–H groups in total. The van der Waals surface area contributed by atoms with Crippen LogP contribution in [-0.4, -0.2) is 26.5 Å². The first-order valence-corrected chi connectivity index (χ1v) is 6.54. The van der Waals surface area contributed by atoms with Gasteiger partial charge in [-0.3, -0.25) is 5.10 Å². The highest BCUT2D eigenvalue weighted by Gasteiger charge is 2.17. The van der Waals surface area contributed by atoms with Crippen LogP contribution in [0.3, 0.4) is 0 Å². The molecule has 0 atom stereocenters. The van der Waals surface area contributed by atoms with Gasteiger partial charge in [-0.25, -0.2) is 4.79 Å². The molecule has 0 bridgehead atoms. The molecule has 0 spiro atoms. The van der Waals surface area contributed by atoms with E-state index in [1.54, 1.807) is 12.1 Å². The molecule has 5 nitrogen and oxygen atoms in total. The number of nitrogens with zero attached hydrogens (tertiary/aromatic N) is 2. The summed E-state index contributed by atoms with van der Waals surface area (Å²) in [6, 6.07) is 15.0. The van der Waals surface area contributed by atoms with Crippen LogP contribution >= 0.6 is 11.6 Å². The Balaban J connectivity index is 2.06. The Bertz CT molecular complexity index is 800. The lowest BCUT2D eigenvalue weighted by Crippen LogP contribution is -1.99. The molecular formula is C15H10ClN3O2. The molecule has 1 aromatic heterocycles. The van der Waals surface area contributed by atoms with Crippen LogP contribution in [0.2, 0.25) is 5.02 Å². The van der Waals surface area contributed by atoms with Crippen molar-refractivity contribution in [2.24, 2.45) is 0 Å². The summed E-state index contributed by atoms with van der Waals surface area (Å²) in [6.07, 6.45) is 0. The molecule has 0 fully saturated rings. The smallest absolute Gasteiger partial charge is 0.356 e. The number of halogens is 1. The van der Waals surface area contributed by atoms with E-state index in [2.05, 4.69) is 15.4 Å². The molecule has 0 aliphatic carbocycles. The highest BCUT2D eigenvalue weighted by molar-refractivity contribution is 6.33. The van der Waals surface area contributed by atoms with Crippen molar-refractivity contribution < 1.29 is 9.90 Å². The Labute approximate surface area is 125 Å². The molecule has 3 rings (SSSR count). The molecule has 0 saturated heterocycles. The molecule has 2 aromatic carbocycles. The minimum Gasteiger partial charge on any atom is -0.476 e. The van der Waals surface area contributed by atoms with Gasteiger partial charge in [-0.1, -0.05) is 59.3 Å². The molecule has 0 saturated carbocycles. The number of nitrogens with one attached hydrogen (secondary N) is 1. The van der Waals surface area contributed by atoms with Crippen molar-refractivity contribution >= 4 is 17.6 Å². The molecular weight excluding hydrogens is 290 g/mol. The molecule has 0 unspecified atom stereocenters. The van der Waals surface area contributed by atoms with E-state index in [1.165, 1.54) is 0 Å². The lowest BCUT2D eigenvalue weighted by molar-refractivity contribution is 0.0691. The first kappa shape index (κ1) is 13.3. The SMILES string of the molecule is O=C(O)c1[nH]nnc1-c1ccc(-c2ccccc2)c(Cl)c1. The fourth-order valence-corrected chi connectivity index (χ4v) is 2.38. The Hall–Kier alpha value is -2.66. The van der Waals surface area contributed by atoms with Crippen molar-refractivity contribution in [3.63, 3.8) is 0 Å². The number of aromatic carboxylic acids is 1. The second kappa shape index (κ2) is 5.38. The van der Waals surface area contributed by atoms with Gasteiger partial charge in [0.1, 0.15) is 5.69 Å². The summed E-state index contributed by atoms with van der Waals surface area (Å²) >= 11 is 6.31. The predicted octanol–water partition coefficient (Wildman–Crippen LogP) is 3.49. The van der Waals surface area contributed by atoms with Crippen molar-refractivity contribution in [2.75, 3.05) is 0 Å². The van der Waals surface area contributed by atoms with Gasteiger partial charge >= 0.3 is 5.97 Å². The van der Waals surface area contributed by atoms with Crippen molar-refractivity contribution in [1.29, 1.82) is 0 Å². The van der Waals surface area contributed by atoms with Crippen LogP contribution in [0.4, 0.5) is 0 Å². The van der Waals surface area contributed by atoms with Gasteiger partial charge in [0.25, 0.3) is 0 Å². The van der Waals surface area contributed by atoms with E-state index < -0.39 is 5.97 Å². The second-order valence-electron chi connectivity index (χ2n) is 4.40. The lowest BCUT2D eigenvalue weighted by Gasteiger charge is -2.06. The summed E-state index contributed by atoms with van der Waals surface area (Å²) in [6.45, 7) is 0. The summed E-state index contributed by atoms with van der Waals surface area (Å²) in [5.74, 6) is -1.11. The van der Waals surface area contributed by atoms with Gasteiger partial charge in [0, 0.05) is 16.1 Å². The zero-order chi connectivity index (χ0) is 14.8. The monoisotopic (exact) mass is 299 g/mol. The summed E-state index contributed by atoms with van der Waals surface area (Å²) in [7, 11) is 0. The summed E-state index contributed by atoms with van der Waals surface area (Å²) < 4.78 is 0. The Morgan fingerprint density at radius 2 is 1.86 bits per heavy atom. The highest BCUT2D eigenvalue weighted by atomic mass is 35.5. The average Bonchev–Trinajstić information content (AvgIpc) is 2.97. The minimum absolute atomic E-state index is 0.0569. The normalized spacial score (nSPS) is 10.5. The van der Waals surface area contributed by atoms with E-state index in [-0.39, 0.29) is 11.4 Å². The van der Waals surface area contributed by atoms with Crippen molar-refractivity contribution in [1.82, 2.24) is 15.4 Å². The molecule has 0 amide bonds. The summed E-state index contributed by atoms with van der Waals surface area (Å²) in [4.78, 5) is 11.1. The fourth-order valence-electron chi connectivity index (χ4n) is 2.09. The number of aromatic amines is 1. The Morgan fingerprint density at radius 1 is 1.10 bits per heavy atom. The number of hydrogen-bond acceptors (Lipinski definition) is 3. The van der Waals surface area contributed by atoms with Crippen molar-refractivity contribution in [3.8, 4) is 22.4 Å². The molecule has 6 heteroatoms. The number of carboxylic acids is 1. The van der Waals surface area contributed by atoms with Crippen LogP contribution in [-0.2, 0) is 0 Å². The molecule has 0 aliphatic heterocycles. The standard InChI is InChI=1S/C15H10ClN3O2/c16-12-8-10(13-14(15(20)21)18-19-17-13)6-7-11(12)9-4-2-1-3-5-9/h1-8H,(H,20,21)(H,17,18,19). The summed E-state index contributed by atoms with van der Waals surface area (Å²) in [5, 5.41) is 19.3. The largest absolute Gasteiger partial charge is 0.476 e. The van der Waals surface area contributed by atoms with Crippen molar-refractivity contribution in [2.45, 2.75) is 0 Å². The second-order valence-corrected chi connectivity index (χ2v) is 4.81. The maximum absolute atomic E-state index is 11.1. The first-order valence-electron chi connectivity index (χ1n) is 6.16. The number of carboxylic acid groups (broad SMARTS) is 1. The maximum atomic E-state index is 11.1. The third kappa shape index (κ3) is 2.51. The van der Waals surface area contributed by atoms with E-state index in [0.717, 1.165) is 11.1 Å². The van der Waals surface area contributed by atoms with E-state index in [4.69, 9.17) is 16.7 Å². The van der Waals surface area contributed by atoms with Gasteiger partial charge in [0.05, 0.1) is 0 Å². The topological polar surface area (TPSA) is 78.9 Å². The van der Waals surface area contributed by atoms with Crippen LogP contribution in [0.15, 0.2) is 48.5 Å². The lowest BCUT2D eigenvalue weighted by atomic mass is 10.0. The molecule has 21 heavy (non-hydrogen) atoms. The number of aromatic nitrogens is 3. The number of H-pyrrole nitrogens is 1. The molecule has 0 radical (unpaired) electrons. The van der Waals surface area contributed by atoms with Crippen LogP contribution in [0.1, 0.15) is 10.5 Å². The van der Waals surface area contributed by atoms with Gasteiger partial charge in [-0.15, -0.1) is 5.10 Å². The molecule has 0 aliphatic rings. The third-order valence-electron chi connectivity index (χ3n) is 3.09. The number of rotatable bonds is 3. The quantitative estimate of drug-likeness (QED) is 0.776. The van der Waals surface area contributed by atoms with Crippen LogP contribution in [0.5, 0.6) is 0 Å². The van der Waals surface area contributed by atoms with E-state index >= 15 is 0 Å². The highest BCUT2D eigenvalue weighted by Crippen LogP contribution is 2.32. The molecule has 1 heterocycles. The Morgan fingerprint density at radius 3 is 2.52 bits per heavy atom. The van der Waals surface area contributed by atoms with Crippen LogP contribution in [0.25, 0.3) is 22.4 Å². The fraction of sp³-hybridized carbons (Fsp3) is 0. The van der Waals surface area contributed by atoms with E-state index in [9.17, 15) is 4.79 Å². The third-order valence-corrected chi connectivity index (χ3v) is 3.40. The predicted molar refractivity (Wildman–Crippen MR) is 79.2 cm³/mol. The summed E-state index contributed by atoms with van der Waals surface area (Å²) in [5.41, 5.74) is 2.68. The van der Waals surface area contributed by atoms with Crippen LogP contribution in [0, 0.1) is 0 Å². The number of benzene rings is 2. The maximum Gasteiger partial charge on any atom is 0.356 e. The molecule has 104 valence electrons. The van der Waals surface area contributed by atoms with Gasteiger partial charge in [0.2, 0.25) is 0 Å². The minimum atomic E-state index is -1.11. The van der Waals surface area contributed by atoms with E-state index in [0.29, 0.717) is 10.6 Å². The van der Waals surface area contributed by atoms with Crippen molar-refractivity contribution in [3.05, 3.63) is 59.2 Å². The van der Waals surface area contributed by atoms with Gasteiger partial charge in [-0.2, -0.15) is 0 Å². The zero-order valence-corrected chi connectivity index (χ0v) is 11.5. The number of hydrogen-bond donors (Lipinski definition) is 2. The molecule has 3 aromatic rings. The first-order chi connectivity index (χ1) is 10.2. The van der Waals surface area contributed by atoms with Gasteiger partial charge < -0.3 is 5.11 Å². The number of carbonyl (C=O) groups is 1. The van der Waals surface area contributed by atoms with Gasteiger partial charge in [-0.05, 0) is 11.6 Å². The van der Waals surface area contributed by atoms with Crippen LogP contribution < -0.4 is 0 Å². The zero-order valence-electron chi connectivity index (χ0n) is 10.7. The van der Waals surface area contributed by atoms with Gasteiger partial charge in [0.15, 0.2) is 5.69 Å². The Kier molecular flexibility index (Phi) is 3.41. The van der Waals surface area contributed by atoms with E-state index in [1.807, 2.05) is 36.4 Å².